The van der Waals surface area contributed by atoms with E-state index in [1.807, 2.05) is 0 Å². The Morgan fingerprint density at radius 1 is 1.04 bits per heavy atom. The molecular weight excluding hydrogens is 362 g/mol. The summed E-state index contributed by atoms with van der Waals surface area (Å²) >= 11 is 6.05. The smallest absolute Gasteiger partial charge is 0.338 e. The minimum Gasteiger partial charge on any atom is -0.486 e. The van der Waals surface area contributed by atoms with Gasteiger partial charge in [-0.2, -0.15) is 0 Å². The van der Waals surface area contributed by atoms with Crippen molar-refractivity contribution in [1.29, 1.82) is 0 Å². The van der Waals surface area contributed by atoms with Crippen LogP contribution in [-0.2, 0) is 9.53 Å². The monoisotopic (exact) mass is 375 g/mol. The van der Waals surface area contributed by atoms with E-state index in [1.54, 1.807) is 30.3 Å². The molecule has 1 heterocycles. The van der Waals surface area contributed by atoms with Crippen LogP contribution in [-0.4, -0.2) is 37.6 Å². The fourth-order valence-corrected chi connectivity index (χ4v) is 2.53. The van der Waals surface area contributed by atoms with E-state index in [0.29, 0.717) is 30.3 Å². The van der Waals surface area contributed by atoms with Gasteiger partial charge < -0.3 is 14.2 Å². The molecule has 1 aliphatic rings. The molecule has 0 aliphatic carbocycles. The van der Waals surface area contributed by atoms with Crippen molar-refractivity contribution in [2.75, 3.05) is 19.8 Å². The molecule has 0 saturated heterocycles. The number of carbonyl (C=O) groups excluding carboxylic acids is 3. The summed E-state index contributed by atoms with van der Waals surface area (Å²) in [4.78, 5) is 35.7. The van der Waals surface area contributed by atoms with Crippen molar-refractivity contribution >= 4 is 29.4 Å². The van der Waals surface area contributed by atoms with Gasteiger partial charge in [-0.3, -0.25) is 14.9 Å². The minimum absolute atomic E-state index is 0.112. The predicted octanol–water partition coefficient (Wildman–Crippen LogP) is 2.22. The first-order chi connectivity index (χ1) is 12.5. The van der Waals surface area contributed by atoms with Crippen LogP contribution in [0.15, 0.2) is 42.5 Å². The number of halogens is 1. The zero-order valence-electron chi connectivity index (χ0n) is 13.5. The van der Waals surface area contributed by atoms with Crippen LogP contribution in [0, 0.1) is 0 Å². The van der Waals surface area contributed by atoms with Crippen LogP contribution in [0.25, 0.3) is 0 Å². The Morgan fingerprint density at radius 2 is 1.77 bits per heavy atom. The standard InChI is InChI=1S/C18H14ClNO6/c19-13-8-12(9-14-16(13)25-7-6-24-14)18(23)26-10-15(21)20-17(22)11-4-2-1-3-5-11/h1-5,8-9H,6-7,10H2,(H,20,21,22). The Balaban J connectivity index is 1.58. The number of rotatable bonds is 4. The lowest BCUT2D eigenvalue weighted by molar-refractivity contribution is -0.123. The van der Waals surface area contributed by atoms with Gasteiger partial charge in [-0.1, -0.05) is 29.8 Å². The Labute approximate surface area is 153 Å². The Bertz CT molecular complexity index is 852. The number of fused-ring (bicyclic) bond motifs is 1. The predicted molar refractivity (Wildman–Crippen MR) is 91.6 cm³/mol. The molecule has 0 spiro atoms. The van der Waals surface area contributed by atoms with E-state index >= 15 is 0 Å². The SMILES string of the molecule is O=C(COC(=O)c1cc(Cl)c2c(c1)OCCO2)NC(=O)c1ccccc1. The van der Waals surface area contributed by atoms with Gasteiger partial charge in [-0.25, -0.2) is 4.79 Å². The molecule has 1 N–H and O–H groups in total. The first-order valence-electron chi connectivity index (χ1n) is 7.70. The van der Waals surface area contributed by atoms with Gasteiger partial charge in [0.2, 0.25) is 0 Å². The fourth-order valence-electron chi connectivity index (χ4n) is 2.27. The third-order valence-electron chi connectivity index (χ3n) is 3.46. The molecule has 0 radical (unpaired) electrons. The van der Waals surface area contributed by atoms with Gasteiger partial charge >= 0.3 is 5.97 Å². The van der Waals surface area contributed by atoms with Crippen molar-refractivity contribution in [2.45, 2.75) is 0 Å². The molecule has 3 rings (SSSR count). The average molecular weight is 376 g/mol. The van der Waals surface area contributed by atoms with Crippen molar-refractivity contribution in [1.82, 2.24) is 5.32 Å². The van der Waals surface area contributed by atoms with Gasteiger partial charge in [0.15, 0.2) is 18.1 Å². The number of hydrogen-bond acceptors (Lipinski definition) is 6. The van der Waals surface area contributed by atoms with Crippen molar-refractivity contribution in [3.05, 3.63) is 58.6 Å². The molecule has 2 aromatic rings. The summed E-state index contributed by atoms with van der Waals surface area (Å²) in [6.07, 6.45) is 0. The molecule has 26 heavy (non-hydrogen) atoms. The van der Waals surface area contributed by atoms with Crippen LogP contribution in [0.3, 0.4) is 0 Å². The van der Waals surface area contributed by atoms with E-state index in [1.165, 1.54) is 12.1 Å². The molecule has 0 bridgehead atoms. The minimum atomic E-state index is -0.772. The Morgan fingerprint density at radius 3 is 2.54 bits per heavy atom. The number of nitrogens with one attached hydrogen (secondary N) is 1. The number of benzene rings is 2. The van der Waals surface area contributed by atoms with E-state index in [-0.39, 0.29) is 10.6 Å². The molecule has 0 aromatic heterocycles. The van der Waals surface area contributed by atoms with Crippen LogP contribution < -0.4 is 14.8 Å². The first kappa shape index (κ1) is 17.8. The Kier molecular flexibility index (Phi) is 5.38. The van der Waals surface area contributed by atoms with E-state index < -0.39 is 24.4 Å². The van der Waals surface area contributed by atoms with Gasteiger partial charge in [0.05, 0.1) is 10.6 Å². The van der Waals surface area contributed by atoms with Crippen LogP contribution in [0.1, 0.15) is 20.7 Å². The molecule has 0 fully saturated rings. The van der Waals surface area contributed by atoms with Crippen LogP contribution in [0.5, 0.6) is 11.5 Å². The summed E-state index contributed by atoms with van der Waals surface area (Å²) in [7, 11) is 0. The van der Waals surface area contributed by atoms with Gasteiger partial charge in [-0.05, 0) is 24.3 Å². The lowest BCUT2D eigenvalue weighted by Crippen LogP contribution is -2.34. The number of imide groups is 1. The molecular formula is C18H14ClNO6. The van der Waals surface area contributed by atoms with Gasteiger partial charge in [0.1, 0.15) is 13.2 Å². The highest BCUT2D eigenvalue weighted by Gasteiger charge is 2.20. The molecule has 8 heteroatoms. The maximum absolute atomic E-state index is 12.1. The second-order valence-electron chi connectivity index (χ2n) is 5.30. The number of esters is 1. The van der Waals surface area contributed by atoms with Gasteiger partial charge in [-0.15, -0.1) is 0 Å². The maximum Gasteiger partial charge on any atom is 0.338 e. The molecule has 134 valence electrons. The molecule has 7 nitrogen and oxygen atoms in total. The molecule has 2 amide bonds. The zero-order chi connectivity index (χ0) is 18.5. The highest BCUT2D eigenvalue weighted by molar-refractivity contribution is 6.32. The van der Waals surface area contributed by atoms with E-state index in [2.05, 4.69) is 5.32 Å². The van der Waals surface area contributed by atoms with Crippen LogP contribution >= 0.6 is 11.6 Å². The van der Waals surface area contributed by atoms with Crippen molar-refractivity contribution in [2.24, 2.45) is 0 Å². The van der Waals surface area contributed by atoms with E-state index in [0.717, 1.165) is 0 Å². The summed E-state index contributed by atoms with van der Waals surface area (Å²) < 4.78 is 15.7. The Hall–Kier alpha value is -3.06. The zero-order valence-corrected chi connectivity index (χ0v) is 14.2. The quantitative estimate of drug-likeness (QED) is 0.824. The molecule has 2 aromatic carbocycles. The topological polar surface area (TPSA) is 90.9 Å². The van der Waals surface area contributed by atoms with Crippen molar-refractivity contribution in [3.8, 4) is 11.5 Å². The van der Waals surface area contributed by atoms with Crippen molar-refractivity contribution < 1.29 is 28.6 Å². The average Bonchev–Trinajstić information content (AvgIpc) is 2.66. The number of hydrogen-bond donors (Lipinski definition) is 1. The second kappa shape index (κ2) is 7.88. The molecule has 1 aliphatic heterocycles. The fraction of sp³-hybridized carbons (Fsp3) is 0.167. The third kappa shape index (κ3) is 4.12. The lowest BCUT2D eigenvalue weighted by Gasteiger charge is -2.19. The number of ether oxygens (including phenoxy) is 3. The number of amides is 2. The normalized spacial score (nSPS) is 12.2. The summed E-state index contributed by atoms with van der Waals surface area (Å²) in [5.74, 6) is -1.39. The van der Waals surface area contributed by atoms with Crippen LogP contribution in [0.4, 0.5) is 0 Å². The largest absolute Gasteiger partial charge is 0.486 e. The van der Waals surface area contributed by atoms with Gasteiger partial charge in [0.25, 0.3) is 11.8 Å². The molecule has 0 saturated carbocycles. The van der Waals surface area contributed by atoms with Crippen LogP contribution in [0.2, 0.25) is 5.02 Å². The molecule has 0 atom stereocenters. The highest BCUT2D eigenvalue weighted by Crippen LogP contribution is 2.38. The second-order valence-corrected chi connectivity index (χ2v) is 5.71. The summed E-state index contributed by atoms with van der Waals surface area (Å²) in [6.45, 7) is 0.0986. The van der Waals surface area contributed by atoms with Gasteiger partial charge in [0, 0.05) is 5.56 Å². The van der Waals surface area contributed by atoms with E-state index in [4.69, 9.17) is 25.8 Å². The third-order valence-corrected chi connectivity index (χ3v) is 3.74. The lowest BCUT2D eigenvalue weighted by atomic mass is 10.2. The summed E-state index contributed by atoms with van der Waals surface area (Å²) in [6, 6.07) is 11.0. The highest BCUT2D eigenvalue weighted by atomic mass is 35.5. The number of carbonyl (C=O) groups is 3. The maximum atomic E-state index is 12.1. The van der Waals surface area contributed by atoms with E-state index in [9.17, 15) is 14.4 Å². The van der Waals surface area contributed by atoms with Crippen molar-refractivity contribution in [3.63, 3.8) is 0 Å². The first-order valence-corrected chi connectivity index (χ1v) is 8.08. The summed E-state index contributed by atoms with van der Waals surface area (Å²) in [5.41, 5.74) is 0.437. The summed E-state index contributed by atoms with van der Waals surface area (Å²) in [5, 5.41) is 2.34. The molecule has 0 unspecified atom stereocenters.